The van der Waals surface area contributed by atoms with Crippen LogP contribution < -0.4 is 4.90 Å². The fraction of sp³-hybridized carbons (Fsp3) is 0.294. The van der Waals surface area contributed by atoms with E-state index in [1.807, 2.05) is 11.0 Å². The fourth-order valence-electron chi connectivity index (χ4n) is 2.74. The van der Waals surface area contributed by atoms with Crippen LogP contribution in [-0.4, -0.2) is 24.7 Å². The van der Waals surface area contributed by atoms with Crippen LogP contribution in [0.15, 0.2) is 42.5 Å². The molecule has 1 atom stereocenters. The Labute approximate surface area is 137 Å². The molecule has 0 unspecified atom stereocenters. The number of anilines is 1. The number of rotatable bonds is 2. The Kier molecular flexibility index (Phi) is 4.40. The monoisotopic (exact) mass is 333 g/mol. The quantitative estimate of drug-likeness (QED) is 0.843. The standard InChI is InChI=1S/C17H14F3N3O/c18-17(19,20)14-6-2-1-5-13(14)15-11-23(8-9-24-15)16-7-3-4-12(10-21)22-16/h1-7,15H,8-9,11H2/t15-/m0/s1. The second kappa shape index (κ2) is 6.49. The van der Waals surface area contributed by atoms with Gasteiger partial charge in [-0.3, -0.25) is 0 Å². The molecule has 2 heterocycles. The Morgan fingerprint density at radius 3 is 2.71 bits per heavy atom. The van der Waals surface area contributed by atoms with Gasteiger partial charge in [0.15, 0.2) is 0 Å². The molecule has 1 aliphatic rings. The van der Waals surface area contributed by atoms with Gasteiger partial charge in [-0.05, 0) is 23.8 Å². The summed E-state index contributed by atoms with van der Waals surface area (Å²) in [5.41, 5.74) is -0.298. The maximum absolute atomic E-state index is 13.2. The van der Waals surface area contributed by atoms with E-state index in [1.54, 1.807) is 24.3 Å². The molecule has 0 aliphatic carbocycles. The van der Waals surface area contributed by atoms with Crippen LogP contribution in [0.1, 0.15) is 22.9 Å². The number of nitriles is 1. The molecule has 2 aromatic rings. The minimum Gasteiger partial charge on any atom is -0.370 e. The Bertz CT molecular complexity index is 770. The van der Waals surface area contributed by atoms with Crippen LogP contribution in [0.5, 0.6) is 0 Å². The summed E-state index contributed by atoms with van der Waals surface area (Å²) in [5, 5.41) is 8.94. The first kappa shape index (κ1) is 16.3. The molecule has 0 N–H and O–H groups in total. The Balaban J connectivity index is 1.88. The van der Waals surface area contributed by atoms with E-state index in [4.69, 9.17) is 10.00 Å². The van der Waals surface area contributed by atoms with Gasteiger partial charge in [-0.25, -0.2) is 4.98 Å². The van der Waals surface area contributed by atoms with Gasteiger partial charge in [-0.2, -0.15) is 18.4 Å². The lowest BCUT2D eigenvalue weighted by molar-refractivity contribution is -0.139. The second-order valence-corrected chi connectivity index (χ2v) is 5.38. The molecule has 1 fully saturated rings. The van der Waals surface area contributed by atoms with Crippen molar-refractivity contribution in [2.75, 3.05) is 24.6 Å². The predicted octanol–water partition coefficient (Wildman–Crippen LogP) is 3.55. The largest absolute Gasteiger partial charge is 0.416 e. The van der Waals surface area contributed by atoms with Crippen molar-refractivity contribution >= 4 is 5.82 Å². The molecule has 0 saturated carbocycles. The van der Waals surface area contributed by atoms with E-state index in [9.17, 15) is 13.2 Å². The van der Waals surface area contributed by atoms with E-state index in [-0.39, 0.29) is 24.4 Å². The zero-order valence-corrected chi connectivity index (χ0v) is 12.6. The molecular formula is C17H14F3N3O. The van der Waals surface area contributed by atoms with Crippen LogP contribution in [0.25, 0.3) is 0 Å². The third-order valence-corrected chi connectivity index (χ3v) is 3.85. The SMILES string of the molecule is N#Cc1cccc(N2CCO[C@H](c3ccccc3C(F)(F)F)C2)n1. The van der Waals surface area contributed by atoms with Gasteiger partial charge in [0.25, 0.3) is 0 Å². The lowest BCUT2D eigenvalue weighted by Crippen LogP contribution is -2.39. The number of hydrogen-bond acceptors (Lipinski definition) is 4. The highest BCUT2D eigenvalue weighted by Crippen LogP contribution is 2.37. The number of alkyl halides is 3. The van der Waals surface area contributed by atoms with Crippen LogP contribution in [0.2, 0.25) is 0 Å². The average Bonchev–Trinajstić information content (AvgIpc) is 2.61. The minimum atomic E-state index is -4.43. The summed E-state index contributed by atoms with van der Waals surface area (Å²) in [4.78, 5) is 6.04. The molecule has 7 heteroatoms. The lowest BCUT2D eigenvalue weighted by Gasteiger charge is -2.34. The summed E-state index contributed by atoms with van der Waals surface area (Å²) in [6, 6.07) is 12.4. The molecule has 0 bridgehead atoms. The number of pyridine rings is 1. The predicted molar refractivity (Wildman–Crippen MR) is 81.3 cm³/mol. The zero-order chi connectivity index (χ0) is 17.2. The van der Waals surface area contributed by atoms with E-state index < -0.39 is 17.8 Å². The van der Waals surface area contributed by atoms with Gasteiger partial charge in [0, 0.05) is 13.1 Å². The molecule has 1 aromatic carbocycles. The van der Waals surface area contributed by atoms with E-state index in [1.165, 1.54) is 12.1 Å². The molecule has 1 aliphatic heterocycles. The highest BCUT2D eigenvalue weighted by molar-refractivity contribution is 5.43. The van der Waals surface area contributed by atoms with Gasteiger partial charge in [-0.15, -0.1) is 0 Å². The third-order valence-electron chi connectivity index (χ3n) is 3.85. The molecule has 1 aromatic heterocycles. The minimum absolute atomic E-state index is 0.117. The number of nitrogens with zero attached hydrogens (tertiary/aromatic N) is 3. The highest BCUT2D eigenvalue weighted by Gasteiger charge is 2.36. The number of ether oxygens (including phenoxy) is 1. The number of aromatic nitrogens is 1. The summed E-state index contributed by atoms with van der Waals surface area (Å²) >= 11 is 0. The van der Waals surface area contributed by atoms with Crippen LogP contribution in [0.4, 0.5) is 19.0 Å². The van der Waals surface area contributed by atoms with Crippen molar-refractivity contribution in [1.82, 2.24) is 4.98 Å². The maximum Gasteiger partial charge on any atom is 0.416 e. The zero-order valence-electron chi connectivity index (χ0n) is 12.6. The summed E-state index contributed by atoms with van der Waals surface area (Å²) in [7, 11) is 0. The van der Waals surface area contributed by atoms with Crippen molar-refractivity contribution in [2.45, 2.75) is 12.3 Å². The van der Waals surface area contributed by atoms with Gasteiger partial charge in [0.05, 0.1) is 12.2 Å². The summed E-state index contributed by atoms with van der Waals surface area (Å²) < 4.78 is 45.2. The van der Waals surface area contributed by atoms with Crippen LogP contribution >= 0.6 is 0 Å². The smallest absolute Gasteiger partial charge is 0.370 e. The molecule has 1 saturated heterocycles. The molecule has 24 heavy (non-hydrogen) atoms. The van der Waals surface area contributed by atoms with Gasteiger partial charge < -0.3 is 9.64 Å². The van der Waals surface area contributed by atoms with Crippen LogP contribution in [-0.2, 0) is 10.9 Å². The topological polar surface area (TPSA) is 49.2 Å². The van der Waals surface area contributed by atoms with Crippen molar-refractivity contribution in [1.29, 1.82) is 5.26 Å². The van der Waals surface area contributed by atoms with Gasteiger partial charge in [0.2, 0.25) is 0 Å². The average molecular weight is 333 g/mol. The molecule has 0 radical (unpaired) electrons. The Hall–Kier alpha value is -2.59. The highest BCUT2D eigenvalue weighted by atomic mass is 19.4. The first-order valence-electron chi connectivity index (χ1n) is 7.39. The van der Waals surface area contributed by atoms with Gasteiger partial charge >= 0.3 is 6.18 Å². The fourth-order valence-corrected chi connectivity index (χ4v) is 2.74. The van der Waals surface area contributed by atoms with E-state index in [0.717, 1.165) is 6.07 Å². The Morgan fingerprint density at radius 1 is 1.17 bits per heavy atom. The van der Waals surface area contributed by atoms with Crippen molar-refractivity contribution in [3.05, 3.63) is 59.3 Å². The molecule has 0 spiro atoms. The molecule has 3 rings (SSSR count). The van der Waals surface area contributed by atoms with E-state index >= 15 is 0 Å². The van der Waals surface area contributed by atoms with Crippen molar-refractivity contribution in [2.24, 2.45) is 0 Å². The van der Waals surface area contributed by atoms with Crippen molar-refractivity contribution < 1.29 is 17.9 Å². The number of morpholine rings is 1. The number of hydrogen-bond donors (Lipinski definition) is 0. The molecular weight excluding hydrogens is 319 g/mol. The molecule has 0 amide bonds. The van der Waals surface area contributed by atoms with E-state index in [0.29, 0.717) is 12.4 Å². The maximum atomic E-state index is 13.2. The molecule has 124 valence electrons. The first-order valence-corrected chi connectivity index (χ1v) is 7.39. The van der Waals surface area contributed by atoms with Crippen molar-refractivity contribution in [3.8, 4) is 6.07 Å². The first-order chi connectivity index (χ1) is 11.5. The van der Waals surface area contributed by atoms with Gasteiger partial charge in [0.1, 0.15) is 23.7 Å². The summed E-state index contributed by atoms with van der Waals surface area (Å²) in [6.07, 6.45) is -5.13. The van der Waals surface area contributed by atoms with Crippen LogP contribution in [0.3, 0.4) is 0 Å². The normalized spacial score (nSPS) is 18.2. The molecule has 4 nitrogen and oxygen atoms in total. The summed E-state index contributed by atoms with van der Waals surface area (Å²) in [6.45, 7) is 1.04. The second-order valence-electron chi connectivity index (χ2n) is 5.38. The number of benzene rings is 1. The van der Waals surface area contributed by atoms with Crippen molar-refractivity contribution in [3.63, 3.8) is 0 Å². The summed E-state index contributed by atoms with van der Waals surface area (Å²) in [5.74, 6) is 0.562. The third kappa shape index (κ3) is 3.34. The van der Waals surface area contributed by atoms with Crippen LogP contribution in [0, 0.1) is 11.3 Å². The Morgan fingerprint density at radius 2 is 1.96 bits per heavy atom. The van der Waals surface area contributed by atoms with E-state index in [2.05, 4.69) is 4.98 Å². The number of halogens is 3. The van der Waals surface area contributed by atoms with Gasteiger partial charge in [-0.1, -0.05) is 24.3 Å². The lowest BCUT2D eigenvalue weighted by atomic mass is 10.0.